The highest BCUT2D eigenvalue weighted by Gasteiger charge is 2.50. The van der Waals surface area contributed by atoms with Crippen LogP contribution >= 0.6 is 0 Å². The molecule has 4 heteroatoms. The van der Waals surface area contributed by atoms with Crippen molar-refractivity contribution in [3.8, 4) is 0 Å². The molecule has 1 unspecified atom stereocenters. The Morgan fingerprint density at radius 2 is 2.00 bits per heavy atom. The summed E-state index contributed by atoms with van der Waals surface area (Å²) in [5.74, 6) is 0.134. The summed E-state index contributed by atoms with van der Waals surface area (Å²) in [5, 5.41) is 3.49. The third-order valence-electron chi connectivity index (χ3n) is 3.90. The zero-order valence-electron chi connectivity index (χ0n) is 10.00. The number of rotatable bonds is 6. The maximum Gasteiger partial charge on any atom is 0.240 e. The molecular weight excluding hydrogens is 204 g/mol. The molecule has 0 aromatic heterocycles. The van der Waals surface area contributed by atoms with Crippen molar-refractivity contribution in [1.29, 1.82) is 0 Å². The Kier molecular flexibility index (Phi) is 3.50. The lowest BCUT2D eigenvalue weighted by Gasteiger charge is -2.34. The van der Waals surface area contributed by atoms with Crippen LogP contribution in [0.3, 0.4) is 0 Å². The third kappa shape index (κ3) is 2.23. The van der Waals surface area contributed by atoms with E-state index in [1.807, 2.05) is 0 Å². The first kappa shape index (κ1) is 11.9. The van der Waals surface area contributed by atoms with Crippen LogP contribution in [-0.4, -0.2) is 31.2 Å². The summed E-state index contributed by atoms with van der Waals surface area (Å²) in [6.45, 7) is 0.406. The lowest BCUT2D eigenvalue weighted by molar-refractivity contribution is -0.128. The van der Waals surface area contributed by atoms with Crippen molar-refractivity contribution in [2.45, 2.75) is 50.1 Å². The van der Waals surface area contributed by atoms with Gasteiger partial charge in [-0.25, -0.2) is 0 Å². The molecule has 92 valence electrons. The number of primary amides is 1. The van der Waals surface area contributed by atoms with Gasteiger partial charge in [0.05, 0.1) is 6.61 Å². The Labute approximate surface area is 96.9 Å². The third-order valence-corrected chi connectivity index (χ3v) is 3.90. The van der Waals surface area contributed by atoms with E-state index in [1.165, 1.54) is 12.8 Å². The van der Waals surface area contributed by atoms with Crippen LogP contribution < -0.4 is 11.1 Å². The monoisotopic (exact) mass is 226 g/mol. The molecule has 16 heavy (non-hydrogen) atoms. The number of hydrogen-bond donors (Lipinski definition) is 2. The Balaban J connectivity index is 2.07. The standard InChI is InChI=1S/C12H22N2O2/c1-16-8-12(11(13)15,9-6-7-9)14-10-4-2-3-5-10/h9-10,14H,2-8H2,1H3,(H2,13,15). The van der Waals surface area contributed by atoms with Crippen LogP contribution in [0.25, 0.3) is 0 Å². The van der Waals surface area contributed by atoms with Crippen LogP contribution in [-0.2, 0) is 9.53 Å². The first-order chi connectivity index (χ1) is 7.69. The fourth-order valence-corrected chi connectivity index (χ4v) is 2.86. The zero-order chi connectivity index (χ0) is 11.6. The van der Waals surface area contributed by atoms with Crippen LogP contribution in [0.4, 0.5) is 0 Å². The minimum absolute atomic E-state index is 0.247. The van der Waals surface area contributed by atoms with Gasteiger partial charge in [0, 0.05) is 13.2 Å². The van der Waals surface area contributed by atoms with E-state index >= 15 is 0 Å². The van der Waals surface area contributed by atoms with Gasteiger partial charge in [-0.3, -0.25) is 10.1 Å². The second-order valence-electron chi connectivity index (χ2n) is 5.17. The van der Waals surface area contributed by atoms with E-state index in [9.17, 15) is 4.79 Å². The van der Waals surface area contributed by atoms with Crippen molar-refractivity contribution in [3.63, 3.8) is 0 Å². The van der Waals surface area contributed by atoms with E-state index in [-0.39, 0.29) is 5.91 Å². The van der Waals surface area contributed by atoms with Gasteiger partial charge in [0.15, 0.2) is 0 Å². The van der Waals surface area contributed by atoms with Crippen molar-refractivity contribution in [1.82, 2.24) is 5.32 Å². The zero-order valence-corrected chi connectivity index (χ0v) is 10.00. The molecule has 0 radical (unpaired) electrons. The normalized spacial score (nSPS) is 25.6. The van der Waals surface area contributed by atoms with Gasteiger partial charge in [-0.2, -0.15) is 0 Å². The number of methoxy groups -OCH3 is 1. The molecule has 2 rings (SSSR count). The summed E-state index contributed by atoms with van der Waals surface area (Å²) in [4.78, 5) is 11.8. The minimum atomic E-state index is -0.607. The average Bonchev–Trinajstić information content (AvgIpc) is 2.98. The molecule has 0 spiro atoms. The fraction of sp³-hybridized carbons (Fsp3) is 0.917. The summed E-state index contributed by atoms with van der Waals surface area (Å²) >= 11 is 0. The molecule has 2 aliphatic rings. The van der Waals surface area contributed by atoms with Crippen LogP contribution in [0.2, 0.25) is 0 Å². The number of hydrogen-bond acceptors (Lipinski definition) is 3. The summed E-state index contributed by atoms with van der Waals surface area (Å²) < 4.78 is 5.22. The van der Waals surface area contributed by atoms with E-state index in [0.29, 0.717) is 18.6 Å². The Morgan fingerprint density at radius 1 is 1.38 bits per heavy atom. The van der Waals surface area contributed by atoms with E-state index in [1.54, 1.807) is 7.11 Å². The van der Waals surface area contributed by atoms with E-state index in [0.717, 1.165) is 25.7 Å². The lowest BCUT2D eigenvalue weighted by Crippen LogP contribution is -2.62. The number of carbonyl (C=O) groups excluding carboxylic acids is 1. The number of ether oxygens (including phenoxy) is 1. The predicted molar refractivity (Wildman–Crippen MR) is 61.9 cm³/mol. The van der Waals surface area contributed by atoms with Gasteiger partial charge in [-0.05, 0) is 31.6 Å². The minimum Gasteiger partial charge on any atom is -0.382 e. The quantitative estimate of drug-likeness (QED) is 0.704. The van der Waals surface area contributed by atoms with Gasteiger partial charge < -0.3 is 10.5 Å². The first-order valence-electron chi connectivity index (χ1n) is 6.25. The second-order valence-corrected chi connectivity index (χ2v) is 5.17. The lowest BCUT2D eigenvalue weighted by atomic mass is 9.91. The van der Waals surface area contributed by atoms with Crippen molar-refractivity contribution < 1.29 is 9.53 Å². The van der Waals surface area contributed by atoms with E-state index < -0.39 is 5.54 Å². The van der Waals surface area contributed by atoms with Crippen LogP contribution in [0, 0.1) is 5.92 Å². The molecule has 4 nitrogen and oxygen atoms in total. The highest BCUT2D eigenvalue weighted by Crippen LogP contribution is 2.41. The summed E-state index contributed by atoms with van der Waals surface area (Å²) in [7, 11) is 1.64. The highest BCUT2D eigenvalue weighted by atomic mass is 16.5. The van der Waals surface area contributed by atoms with E-state index in [4.69, 9.17) is 10.5 Å². The highest BCUT2D eigenvalue weighted by molar-refractivity contribution is 5.85. The predicted octanol–water partition coefficient (Wildman–Crippen LogP) is 0.799. The van der Waals surface area contributed by atoms with Gasteiger partial charge >= 0.3 is 0 Å². The molecule has 2 fully saturated rings. The maximum absolute atomic E-state index is 11.8. The Hall–Kier alpha value is -0.610. The number of amides is 1. The van der Waals surface area contributed by atoms with Gasteiger partial charge in [-0.15, -0.1) is 0 Å². The first-order valence-corrected chi connectivity index (χ1v) is 6.25. The topological polar surface area (TPSA) is 64.3 Å². The van der Waals surface area contributed by atoms with Crippen molar-refractivity contribution in [2.24, 2.45) is 11.7 Å². The van der Waals surface area contributed by atoms with Gasteiger partial charge in [-0.1, -0.05) is 12.8 Å². The van der Waals surface area contributed by atoms with Crippen LogP contribution in [0.5, 0.6) is 0 Å². The fourth-order valence-electron chi connectivity index (χ4n) is 2.86. The van der Waals surface area contributed by atoms with Crippen LogP contribution in [0.1, 0.15) is 38.5 Å². The molecule has 1 amide bonds. The smallest absolute Gasteiger partial charge is 0.240 e. The van der Waals surface area contributed by atoms with Crippen molar-refractivity contribution in [2.75, 3.05) is 13.7 Å². The van der Waals surface area contributed by atoms with Crippen molar-refractivity contribution in [3.05, 3.63) is 0 Å². The molecule has 3 N–H and O–H groups in total. The number of carbonyl (C=O) groups is 1. The van der Waals surface area contributed by atoms with E-state index in [2.05, 4.69) is 5.32 Å². The molecule has 0 aliphatic heterocycles. The summed E-state index contributed by atoms with van der Waals surface area (Å²) in [5.41, 5.74) is 4.99. The molecule has 0 aromatic carbocycles. The second kappa shape index (κ2) is 4.72. The van der Waals surface area contributed by atoms with Crippen LogP contribution in [0.15, 0.2) is 0 Å². The summed E-state index contributed by atoms with van der Waals surface area (Å²) in [6, 6.07) is 0.447. The SMILES string of the molecule is COCC(NC1CCCC1)(C(N)=O)C1CC1. The average molecular weight is 226 g/mol. The molecule has 0 saturated heterocycles. The van der Waals surface area contributed by atoms with Gasteiger partial charge in [0.25, 0.3) is 0 Å². The molecule has 2 aliphatic carbocycles. The van der Waals surface area contributed by atoms with Crippen molar-refractivity contribution >= 4 is 5.91 Å². The number of nitrogens with one attached hydrogen (secondary N) is 1. The molecule has 0 aromatic rings. The molecular formula is C12H22N2O2. The Bertz CT molecular complexity index is 260. The summed E-state index contributed by atoms with van der Waals surface area (Å²) in [6.07, 6.45) is 7.00. The largest absolute Gasteiger partial charge is 0.382 e. The molecule has 0 heterocycles. The molecule has 1 atom stereocenters. The molecule has 0 bridgehead atoms. The van der Waals surface area contributed by atoms with Gasteiger partial charge in [0.1, 0.15) is 5.54 Å². The maximum atomic E-state index is 11.8. The Morgan fingerprint density at radius 3 is 2.44 bits per heavy atom. The molecule has 2 saturated carbocycles. The number of nitrogens with two attached hydrogens (primary N) is 1. The van der Waals surface area contributed by atoms with Gasteiger partial charge in [0.2, 0.25) is 5.91 Å².